The first-order chi connectivity index (χ1) is 31.6. The Hall–Kier alpha value is -8.48. The van der Waals surface area contributed by atoms with Crippen LogP contribution in [-0.4, -0.2) is 9.97 Å². The van der Waals surface area contributed by atoms with Crippen molar-refractivity contribution in [2.75, 3.05) is 19.6 Å². The molecule has 0 fully saturated rings. The zero-order valence-electron chi connectivity index (χ0n) is 35.8. The first-order valence-electron chi connectivity index (χ1n) is 21.6. The highest BCUT2D eigenvalue weighted by Crippen LogP contribution is 2.46. The van der Waals surface area contributed by atoms with Gasteiger partial charge in [-0.25, -0.2) is 9.97 Å². The molecular formula is C58H46N6. The second-order valence-electron chi connectivity index (χ2n) is 15.6. The highest BCUT2D eigenvalue weighted by Gasteiger charge is 2.24. The largest absolute Gasteiger partial charge is 0.311 e. The lowest BCUT2D eigenvalue weighted by Crippen LogP contribution is -2.15. The zero-order valence-corrected chi connectivity index (χ0v) is 35.8. The van der Waals surface area contributed by atoms with E-state index in [-0.39, 0.29) is 0 Å². The molecule has 0 radical (unpaired) electrons. The highest BCUT2D eigenvalue weighted by atomic mass is 15.2. The van der Waals surface area contributed by atoms with Gasteiger partial charge in [-0.15, -0.1) is 0 Å². The van der Waals surface area contributed by atoms with E-state index in [1.807, 2.05) is 13.8 Å². The Morgan fingerprint density at radius 3 is 0.641 bits per heavy atom. The van der Waals surface area contributed by atoms with Crippen LogP contribution in [0.5, 0.6) is 0 Å². The lowest BCUT2D eigenvalue weighted by atomic mass is 10.1. The maximum absolute atomic E-state index is 5.36. The lowest BCUT2D eigenvalue weighted by molar-refractivity contribution is 1.09. The van der Waals surface area contributed by atoms with Gasteiger partial charge >= 0.3 is 0 Å². The predicted octanol–water partition coefficient (Wildman–Crippen LogP) is 16.1. The molecule has 10 rings (SSSR count). The molecule has 1 aromatic heterocycles. The van der Waals surface area contributed by atoms with Crippen molar-refractivity contribution in [3.05, 3.63) is 254 Å². The van der Waals surface area contributed by atoms with Gasteiger partial charge in [-0.3, -0.25) is 0 Å². The maximum Gasteiger partial charge on any atom is 0.115 e. The monoisotopic (exact) mass is 826 g/mol. The average molecular weight is 827 g/mol. The Morgan fingerprint density at radius 1 is 0.219 bits per heavy atom. The van der Waals surface area contributed by atoms with Crippen molar-refractivity contribution in [3.8, 4) is 0 Å². The van der Waals surface area contributed by atoms with Crippen LogP contribution in [0.1, 0.15) is 11.4 Å². The summed E-state index contributed by atoms with van der Waals surface area (Å²) >= 11 is 0. The molecule has 0 saturated heterocycles. The molecule has 0 bridgehead atoms. The smallest absolute Gasteiger partial charge is 0.115 e. The van der Waals surface area contributed by atoms with Gasteiger partial charge < -0.3 is 19.6 Å². The third-order valence-corrected chi connectivity index (χ3v) is 11.5. The molecular weight excluding hydrogens is 781 g/mol. The van der Waals surface area contributed by atoms with Gasteiger partial charge in [0.1, 0.15) is 11.0 Å². The van der Waals surface area contributed by atoms with E-state index in [1.165, 1.54) is 0 Å². The third-order valence-electron chi connectivity index (χ3n) is 11.5. The molecule has 1 heterocycles. The van der Waals surface area contributed by atoms with E-state index < -0.39 is 0 Å². The van der Waals surface area contributed by atoms with E-state index in [9.17, 15) is 0 Å². The standard InChI is InChI=1S/C58H46N6/c1-43-44(2)60-58-56(64(50-31-19-8-20-32-50)54-39-35-52(36-40-54)62(47-25-13-5-14-26-47)48-27-15-6-16-28-48)42-41-55(57(58)59-43)63(49-29-17-7-18-30-49)53-37-33-51(34-38-53)61(45-21-9-3-10-22-45)46-23-11-4-12-24-46/h3-42H,1-2H3. The average Bonchev–Trinajstić information content (AvgIpc) is 3.36. The predicted molar refractivity (Wildman–Crippen MR) is 268 cm³/mol. The van der Waals surface area contributed by atoms with Crippen LogP contribution < -0.4 is 19.6 Å². The van der Waals surface area contributed by atoms with Gasteiger partial charge in [-0.2, -0.15) is 0 Å². The minimum absolute atomic E-state index is 0.806. The summed E-state index contributed by atoms with van der Waals surface area (Å²) in [7, 11) is 0. The molecule has 0 spiro atoms. The Morgan fingerprint density at radius 2 is 0.406 bits per heavy atom. The zero-order chi connectivity index (χ0) is 43.2. The molecule has 6 nitrogen and oxygen atoms in total. The first kappa shape index (κ1) is 39.6. The quantitative estimate of drug-likeness (QED) is 0.122. The Balaban J connectivity index is 1.10. The number of aromatic nitrogens is 2. The number of aryl methyl sites for hydroxylation is 2. The van der Waals surface area contributed by atoms with Crippen molar-refractivity contribution < 1.29 is 0 Å². The number of hydrogen-bond donors (Lipinski definition) is 0. The number of fused-ring (bicyclic) bond motifs is 1. The molecule has 308 valence electrons. The van der Waals surface area contributed by atoms with Crippen molar-refractivity contribution in [1.29, 1.82) is 0 Å². The molecule has 0 aliphatic heterocycles. The second kappa shape index (κ2) is 17.9. The number of nitrogens with zero attached hydrogens (tertiary/aromatic N) is 6. The van der Waals surface area contributed by atoms with Crippen molar-refractivity contribution in [1.82, 2.24) is 9.97 Å². The van der Waals surface area contributed by atoms with E-state index in [1.54, 1.807) is 0 Å². The van der Waals surface area contributed by atoms with Crippen LogP contribution in [0.25, 0.3) is 11.0 Å². The number of benzene rings is 9. The summed E-state index contributed by atoms with van der Waals surface area (Å²) in [5.41, 5.74) is 15.7. The summed E-state index contributed by atoms with van der Waals surface area (Å²) in [5.74, 6) is 0. The van der Waals surface area contributed by atoms with E-state index >= 15 is 0 Å². The number of para-hydroxylation sites is 6. The van der Waals surface area contributed by atoms with Gasteiger partial charge in [0.2, 0.25) is 0 Å². The van der Waals surface area contributed by atoms with Crippen molar-refractivity contribution >= 4 is 79.3 Å². The Labute approximate surface area is 375 Å². The first-order valence-corrected chi connectivity index (χ1v) is 21.6. The fourth-order valence-corrected chi connectivity index (χ4v) is 8.35. The summed E-state index contributed by atoms with van der Waals surface area (Å²) in [4.78, 5) is 19.9. The lowest BCUT2D eigenvalue weighted by Gasteiger charge is -2.31. The molecule has 0 unspecified atom stereocenters. The van der Waals surface area contributed by atoms with Crippen LogP contribution in [0.3, 0.4) is 0 Å². The second-order valence-corrected chi connectivity index (χ2v) is 15.6. The van der Waals surface area contributed by atoms with Gasteiger partial charge in [0.05, 0.1) is 22.8 Å². The summed E-state index contributed by atoms with van der Waals surface area (Å²) < 4.78 is 0. The Bertz CT molecular complexity index is 2800. The van der Waals surface area contributed by atoms with Crippen LogP contribution in [0.4, 0.5) is 68.2 Å². The Kier molecular flexibility index (Phi) is 11.1. The molecule has 0 atom stereocenters. The molecule has 6 heteroatoms. The third kappa shape index (κ3) is 7.92. The van der Waals surface area contributed by atoms with Gasteiger partial charge in [-0.1, -0.05) is 109 Å². The van der Waals surface area contributed by atoms with Gasteiger partial charge in [-0.05, 0) is 147 Å². The normalized spacial score (nSPS) is 11.0. The summed E-state index contributed by atoms with van der Waals surface area (Å²) in [5, 5.41) is 0. The molecule has 0 aliphatic carbocycles. The molecule has 0 aliphatic rings. The number of anilines is 12. The molecule has 10 aromatic rings. The van der Waals surface area contributed by atoms with Crippen LogP contribution >= 0.6 is 0 Å². The van der Waals surface area contributed by atoms with Gasteiger partial charge in [0.15, 0.2) is 0 Å². The van der Waals surface area contributed by atoms with Gasteiger partial charge in [0, 0.05) is 56.9 Å². The topological polar surface area (TPSA) is 38.7 Å². The minimum Gasteiger partial charge on any atom is -0.311 e. The van der Waals surface area contributed by atoms with Crippen LogP contribution in [0.15, 0.2) is 243 Å². The van der Waals surface area contributed by atoms with Crippen LogP contribution in [0.2, 0.25) is 0 Å². The van der Waals surface area contributed by atoms with Crippen molar-refractivity contribution in [2.45, 2.75) is 13.8 Å². The SMILES string of the molecule is Cc1nc2c(N(c3ccccc3)c3ccc(N(c4ccccc4)c4ccccc4)cc3)ccc(N(c3ccccc3)c3ccc(N(c4ccccc4)c4ccccc4)cc3)c2nc1C. The van der Waals surface area contributed by atoms with Crippen molar-refractivity contribution in [2.24, 2.45) is 0 Å². The van der Waals surface area contributed by atoms with E-state index in [0.717, 1.165) is 90.7 Å². The molecule has 0 N–H and O–H groups in total. The highest BCUT2D eigenvalue weighted by molar-refractivity contribution is 6.03. The van der Waals surface area contributed by atoms with Crippen LogP contribution in [0, 0.1) is 13.8 Å². The van der Waals surface area contributed by atoms with E-state index in [4.69, 9.17) is 9.97 Å². The van der Waals surface area contributed by atoms with E-state index in [0.29, 0.717) is 0 Å². The van der Waals surface area contributed by atoms with Gasteiger partial charge in [0.25, 0.3) is 0 Å². The molecule has 0 saturated carbocycles. The maximum atomic E-state index is 5.36. The fraction of sp³-hybridized carbons (Fsp3) is 0.0345. The number of rotatable bonds is 12. The molecule has 64 heavy (non-hydrogen) atoms. The van der Waals surface area contributed by atoms with Crippen molar-refractivity contribution in [3.63, 3.8) is 0 Å². The molecule has 0 amide bonds. The summed E-state index contributed by atoms with van der Waals surface area (Å²) in [6, 6.07) is 85.0. The fourth-order valence-electron chi connectivity index (χ4n) is 8.35. The number of hydrogen-bond acceptors (Lipinski definition) is 6. The minimum atomic E-state index is 0.806. The molecule has 9 aromatic carbocycles. The van der Waals surface area contributed by atoms with Crippen LogP contribution in [-0.2, 0) is 0 Å². The summed E-state index contributed by atoms with van der Waals surface area (Å²) in [6.45, 7) is 4.08. The summed E-state index contributed by atoms with van der Waals surface area (Å²) in [6.07, 6.45) is 0. The van der Waals surface area contributed by atoms with E-state index in [2.05, 4.69) is 262 Å².